The number of likely N-dealkylation sites (tertiary alicyclic amines) is 1. The van der Waals surface area contributed by atoms with Gasteiger partial charge in [0.2, 0.25) is 0 Å². The third kappa shape index (κ3) is 2.25. The first-order valence-corrected chi connectivity index (χ1v) is 5.19. The van der Waals surface area contributed by atoms with Crippen LogP contribution in [0.25, 0.3) is 0 Å². The van der Waals surface area contributed by atoms with Gasteiger partial charge in [0.15, 0.2) is 0 Å². The number of esters is 1. The van der Waals surface area contributed by atoms with Crippen molar-refractivity contribution in [3.05, 3.63) is 0 Å². The Kier molecular flexibility index (Phi) is 3.89. The van der Waals surface area contributed by atoms with Gasteiger partial charge in [-0.2, -0.15) is 0 Å². The highest BCUT2D eigenvalue weighted by atomic mass is 16.5. The smallest absolute Gasteiger partial charge is 0.326 e. The summed E-state index contributed by atoms with van der Waals surface area (Å²) < 4.78 is 5.09. The summed E-state index contributed by atoms with van der Waals surface area (Å²) in [5.74, 6) is -0.101. The molecule has 82 valence electrons. The molecule has 1 rings (SSSR count). The molecule has 1 heterocycles. The minimum absolute atomic E-state index is 0.101. The largest absolute Gasteiger partial charge is 0.465 e. The Morgan fingerprint density at radius 3 is 2.50 bits per heavy atom. The van der Waals surface area contributed by atoms with E-state index in [0.29, 0.717) is 6.61 Å². The molecule has 0 aromatic heterocycles. The Labute approximate surface area is 85.6 Å². The molecule has 0 spiro atoms. The van der Waals surface area contributed by atoms with E-state index in [1.807, 2.05) is 14.0 Å². The summed E-state index contributed by atoms with van der Waals surface area (Å²) in [7, 11) is 3.91. The zero-order valence-electron chi connectivity index (χ0n) is 9.30. The van der Waals surface area contributed by atoms with Crippen LogP contribution in [0.1, 0.15) is 19.8 Å². The van der Waals surface area contributed by atoms with Crippen LogP contribution in [-0.4, -0.2) is 50.2 Å². The van der Waals surface area contributed by atoms with Gasteiger partial charge in [-0.05, 0) is 33.9 Å². The lowest BCUT2D eigenvalue weighted by Crippen LogP contribution is -2.57. The number of nitrogens with zero attached hydrogens (tertiary/aromatic N) is 1. The monoisotopic (exact) mass is 200 g/mol. The SMILES string of the molecule is CCOC(=O)C1(NC)CCN(C)CC1. The lowest BCUT2D eigenvalue weighted by Gasteiger charge is -2.38. The van der Waals surface area contributed by atoms with E-state index in [0.717, 1.165) is 25.9 Å². The minimum Gasteiger partial charge on any atom is -0.465 e. The second kappa shape index (κ2) is 4.75. The molecular weight excluding hydrogens is 180 g/mol. The average Bonchev–Trinajstić information content (AvgIpc) is 2.20. The molecule has 0 unspecified atom stereocenters. The Morgan fingerprint density at radius 1 is 1.50 bits per heavy atom. The first-order chi connectivity index (χ1) is 6.64. The molecule has 1 aliphatic heterocycles. The fourth-order valence-electron chi connectivity index (χ4n) is 1.83. The van der Waals surface area contributed by atoms with Gasteiger partial charge >= 0.3 is 5.97 Å². The van der Waals surface area contributed by atoms with Gasteiger partial charge in [-0.15, -0.1) is 0 Å². The highest BCUT2D eigenvalue weighted by Crippen LogP contribution is 2.22. The summed E-state index contributed by atoms with van der Waals surface area (Å²) in [5, 5.41) is 3.12. The van der Waals surface area contributed by atoms with Crippen molar-refractivity contribution in [1.29, 1.82) is 0 Å². The zero-order valence-corrected chi connectivity index (χ0v) is 9.30. The lowest BCUT2D eigenvalue weighted by atomic mass is 9.88. The predicted octanol–water partition coefficient (Wildman–Crippen LogP) is 0.233. The molecule has 1 fully saturated rings. The standard InChI is InChI=1S/C10H20N2O2/c1-4-14-9(13)10(11-2)5-7-12(3)8-6-10/h11H,4-8H2,1-3H3. The van der Waals surface area contributed by atoms with Crippen LogP contribution in [0.5, 0.6) is 0 Å². The van der Waals surface area contributed by atoms with Crippen molar-refractivity contribution in [2.75, 3.05) is 33.8 Å². The summed E-state index contributed by atoms with van der Waals surface area (Å²) in [5.41, 5.74) is -0.442. The molecule has 4 heteroatoms. The summed E-state index contributed by atoms with van der Waals surface area (Å²) in [6, 6.07) is 0. The number of carbonyl (C=O) groups excluding carboxylic acids is 1. The summed E-state index contributed by atoms with van der Waals surface area (Å²) >= 11 is 0. The maximum Gasteiger partial charge on any atom is 0.326 e. The quantitative estimate of drug-likeness (QED) is 0.662. The molecule has 0 saturated carbocycles. The zero-order chi connectivity index (χ0) is 10.6. The normalized spacial score (nSPS) is 21.9. The van der Waals surface area contributed by atoms with Crippen LogP contribution in [0.15, 0.2) is 0 Å². The van der Waals surface area contributed by atoms with Gasteiger partial charge in [-0.3, -0.25) is 4.79 Å². The molecule has 0 amide bonds. The first-order valence-electron chi connectivity index (χ1n) is 5.19. The molecule has 14 heavy (non-hydrogen) atoms. The van der Waals surface area contributed by atoms with Gasteiger partial charge in [0.1, 0.15) is 5.54 Å². The van der Waals surface area contributed by atoms with E-state index in [4.69, 9.17) is 4.74 Å². The number of hydrogen-bond acceptors (Lipinski definition) is 4. The van der Waals surface area contributed by atoms with Crippen LogP contribution < -0.4 is 5.32 Å². The number of rotatable bonds is 3. The third-order valence-electron chi connectivity index (χ3n) is 2.99. The predicted molar refractivity (Wildman–Crippen MR) is 55.2 cm³/mol. The molecule has 0 aromatic rings. The fraction of sp³-hybridized carbons (Fsp3) is 0.900. The van der Waals surface area contributed by atoms with Crippen molar-refractivity contribution >= 4 is 5.97 Å². The maximum absolute atomic E-state index is 11.8. The van der Waals surface area contributed by atoms with Gasteiger partial charge < -0.3 is 15.0 Å². The Morgan fingerprint density at radius 2 is 2.07 bits per heavy atom. The molecule has 0 bridgehead atoms. The van der Waals surface area contributed by atoms with Gasteiger partial charge in [-0.25, -0.2) is 0 Å². The number of hydrogen-bond donors (Lipinski definition) is 1. The Bertz CT molecular complexity index is 198. The van der Waals surface area contributed by atoms with E-state index in [9.17, 15) is 4.79 Å². The minimum atomic E-state index is -0.442. The van der Waals surface area contributed by atoms with Crippen LogP contribution in [0.4, 0.5) is 0 Å². The van der Waals surface area contributed by atoms with Crippen molar-refractivity contribution in [1.82, 2.24) is 10.2 Å². The van der Waals surface area contributed by atoms with E-state index in [1.165, 1.54) is 0 Å². The molecule has 4 nitrogen and oxygen atoms in total. The summed E-state index contributed by atoms with van der Waals surface area (Å²) in [6.07, 6.45) is 1.66. The van der Waals surface area contributed by atoms with Crippen LogP contribution >= 0.6 is 0 Å². The van der Waals surface area contributed by atoms with Gasteiger partial charge in [0, 0.05) is 13.1 Å². The summed E-state index contributed by atoms with van der Waals surface area (Å²) in [6.45, 7) is 4.19. The van der Waals surface area contributed by atoms with E-state index < -0.39 is 5.54 Å². The Hall–Kier alpha value is -0.610. The third-order valence-corrected chi connectivity index (χ3v) is 2.99. The van der Waals surface area contributed by atoms with E-state index in [-0.39, 0.29) is 5.97 Å². The number of nitrogens with one attached hydrogen (secondary N) is 1. The molecule has 1 N–H and O–H groups in total. The first kappa shape index (κ1) is 11.5. The molecule has 0 aliphatic carbocycles. The van der Waals surface area contributed by atoms with Crippen LogP contribution in [0.2, 0.25) is 0 Å². The highest BCUT2D eigenvalue weighted by molar-refractivity contribution is 5.81. The fourth-order valence-corrected chi connectivity index (χ4v) is 1.83. The van der Waals surface area contributed by atoms with Crippen molar-refractivity contribution in [3.63, 3.8) is 0 Å². The molecule has 1 aliphatic rings. The number of carbonyl (C=O) groups is 1. The molecule has 0 radical (unpaired) electrons. The molecule has 0 aromatic carbocycles. The second-order valence-electron chi connectivity index (χ2n) is 3.86. The molecule has 1 saturated heterocycles. The van der Waals surface area contributed by atoms with Crippen molar-refractivity contribution in [2.45, 2.75) is 25.3 Å². The molecular formula is C10H20N2O2. The van der Waals surface area contributed by atoms with Crippen molar-refractivity contribution in [2.24, 2.45) is 0 Å². The van der Waals surface area contributed by atoms with Crippen LogP contribution in [-0.2, 0) is 9.53 Å². The van der Waals surface area contributed by atoms with E-state index in [1.54, 1.807) is 0 Å². The average molecular weight is 200 g/mol. The lowest BCUT2D eigenvalue weighted by molar-refractivity contribution is -0.153. The van der Waals surface area contributed by atoms with Crippen LogP contribution in [0.3, 0.4) is 0 Å². The number of piperidine rings is 1. The second-order valence-corrected chi connectivity index (χ2v) is 3.86. The van der Waals surface area contributed by atoms with Gasteiger partial charge in [0.05, 0.1) is 6.61 Å². The van der Waals surface area contributed by atoms with Gasteiger partial charge in [-0.1, -0.05) is 0 Å². The van der Waals surface area contributed by atoms with Crippen molar-refractivity contribution in [3.8, 4) is 0 Å². The van der Waals surface area contributed by atoms with Gasteiger partial charge in [0.25, 0.3) is 0 Å². The maximum atomic E-state index is 11.8. The van der Waals surface area contributed by atoms with E-state index >= 15 is 0 Å². The number of ether oxygens (including phenoxy) is 1. The van der Waals surface area contributed by atoms with E-state index in [2.05, 4.69) is 17.3 Å². The topological polar surface area (TPSA) is 41.6 Å². The molecule has 0 atom stereocenters. The number of likely N-dealkylation sites (N-methyl/N-ethyl adjacent to an activating group) is 1. The highest BCUT2D eigenvalue weighted by Gasteiger charge is 2.40. The summed E-state index contributed by atoms with van der Waals surface area (Å²) in [4.78, 5) is 14.0. The van der Waals surface area contributed by atoms with Crippen molar-refractivity contribution < 1.29 is 9.53 Å². The van der Waals surface area contributed by atoms with Crippen LogP contribution in [0, 0.1) is 0 Å². The Balaban J connectivity index is 2.62.